The zero-order valence-corrected chi connectivity index (χ0v) is 13.6. The fraction of sp³-hybridized carbons (Fsp3) is 0.538. The Morgan fingerprint density at radius 3 is 2.42 bits per heavy atom. The fourth-order valence-electron chi connectivity index (χ4n) is 2.04. The highest BCUT2D eigenvalue weighted by Crippen LogP contribution is 2.26. The summed E-state index contributed by atoms with van der Waals surface area (Å²) in [6.07, 6.45) is 1.63. The molecule has 0 amide bonds. The first kappa shape index (κ1) is 18.2. The maximum absolute atomic E-state index is 11.2. The van der Waals surface area contributed by atoms with Crippen molar-refractivity contribution in [3.05, 3.63) is 23.8 Å². The quantitative estimate of drug-likeness (QED) is 0.794. The lowest BCUT2D eigenvalue weighted by Crippen LogP contribution is -2.24. The molecule has 4 nitrogen and oxygen atoms in total. The monoisotopic (exact) mass is 305 g/mol. The second-order valence-corrected chi connectivity index (χ2v) is 5.42. The van der Waals surface area contributed by atoms with Gasteiger partial charge in [0.25, 0.3) is 0 Å². The molecule has 0 aliphatic heterocycles. The van der Waals surface area contributed by atoms with E-state index in [0.29, 0.717) is 0 Å². The minimum absolute atomic E-state index is 0. The SMILES string of the molecule is CCN(CC)c1ccc(N)c(C(C)NS(C)=O)c1.Cl. The summed E-state index contributed by atoms with van der Waals surface area (Å²) >= 11 is 0. The molecule has 19 heavy (non-hydrogen) atoms. The van der Waals surface area contributed by atoms with Gasteiger partial charge in [0.05, 0.1) is 11.0 Å². The highest BCUT2D eigenvalue weighted by Gasteiger charge is 2.12. The smallest absolute Gasteiger partial charge is 0.0889 e. The molecule has 2 atom stereocenters. The number of hydrogen-bond donors (Lipinski definition) is 2. The third kappa shape index (κ3) is 5.01. The van der Waals surface area contributed by atoms with Crippen LogP contribution in [0.25, 0.3) is 0 Å². The number of halogens is 1. The van der Waals surface area contributed by atoms with Crippen LogP contribution in [0.3, 0.4) is 0 Å². The fourth-order valence-corrected chi connectivity index (χ4v) is 2.66. The van der Waals surface area contributed by atoms with Crippen LogP contribution in [0, 0.1) is 0 Å². The molecule has 0 saturated carbocycles. The molecule has 6 heteroatoms. The van der Waals surface area contributed by atoms with Crippen LogP contribution < -0.4 is 15.4 Å². The summed E-state index contributed by atoms with van der Waals surface area (Å²) in [5.74, 6) is 0. The Bertz CT molecular complexity index is 424. The number of nitrogens with two attached hydrogens (primary N) is 1. The van der Waals surface area contributed by atoms with Gasteiger partial charge in [-0.15, -0.1) is 12.4 Å². The largest absolute Gasteiger partial charge is 0.398 e. The van der Waals surface area contributed by atoms with Crippen molar-refractivity contribution in [1.82, 2.24) is 4.72 Å². The minimum Gasteiger partial charge on any atom is -0.398 e. The number of nitrogens with one attached hydrogen (secondary N) is 1. The first-order valence-corrected chi connectivity index (χ1v) is 7.79. The highest BCUT2D eigenvalue weighted by atomic mass is 35.5. The maximum Gasteiger partial charge on any atom is 0.0889 e. The molecule has 0 aliphatic carbocycles. The van der Waals surface area contributed by atoms with Crippen LogP contribution in [0.4, 0.5) is 11.4 Å². The van der Waals surface area contributed by atoms with Gasteiger partial charge in [0.1, 0.15) is 0 Å². The topological polar surface area (TPSA) is 58.4 Å². The van der Waals surface area contributed by atoms with E-state index >= 15 is 0 Å². The van der Waals surface area contributed by atoms with Crippen molar-refractivity contribution in [1.29, 1.82) is 0 Å². The summed E-state index contributed by atoms with van der Waals surface area (Å²) in [5, 5.41) is 0. The maximum atomic E-state index is 11.2. The third-order valence-corrected chi connectivity index (χ3v) is 3.69. The van der Waals surface area contributed by atoms with Gasteiger partial charge in [-0.2, -0.15) is 0 Å². The second-order valence-electron chi connectivity index (χ2n) is 4.28. The predicted octanol–water partition coefficient (Wildman–Crippen LogP) is 2.48. The van der Waals surface area contributed by atoms with Crippen molar-refractivity contribution in [2.75, 3.05) is 30.0 Å². The van der Waals surface area contributed by atoms with Crippen molar-refractivity contribution in [3.63, 3.8) is 0 Å². The van der Waals surface area contributed by atoms with E-state index in [-0.39, 0.29) is 18.4 Å². The molecule has 0 spiro atoms. The molecule has 110 valence electrons. The molecule has 2 unspecified atom stereocenters. The molecule has 3 N–H and O–H groups in total. The van der Waals surface area contributed by atoms with Gasteiger partial charge in [-0.1, -0.05) is 0 Å². The summed E-state index contributed by atoms with van der Waals surface area (Å²) < 4.78 is 14.2. The van der Waals surface area contributed by atoms with E-state index in [1.54, 1.807) is 6.26 Å². The van der Waals surface area contributed by atoms with E-state index < -0.39 is 11.0 Å². The Kier molecular flexibility index (Phi) is 8.06. The van der Waals surface area contributed by atoms with Crippen LogP contribution in [0.1, 0.15) is 32.4 Å². The lowest BCUT2D eigenvalue weighted by molar-refractivity contribution is 0.656. The summed E-state index contributed by atoms with van der Waals surface area (Å²) in [5.41, 5.74) is 8.87. The molecule has 1 aromatic carbocycles. The molecular weight excluding hydrogens is 282 g/mol. The number of anilines is 2. The highest BCUT2D eigenvalue weighted by molar-refractivity contribution is 7.82. The van der Waals surface area contributed by atoms with E-state index in [1.807, 2.05) is 19.1 Å². The number of nitrogen functional groups attached to an aromatic ring is 1. The van der Waals surface area contributed by atoms with Crippen molar-refractivity contribution in [3.8, 4) is 0 Å². The van der Waals surface area contributed by atoms with Gasteiger partial charge >= 0.3 is 0 Å². The van der Waals surface area contributed by atoms with Crippen molar-refractivity contribution < 1.29 is 4.21 Å². The average molecular weight is 306 g/mol. The molecular formula is C13H24ClN3OS. The molecule has 0 aromatic heterocycles. The van der Waals surface area contributed by atoms with Crippen LogP contribution in [-0.4, -0.2) is 23.6 Å². The van der Waals surface area contributed by atoms with Gasteiger partial charge in [-0.05, 0) is 44.5 Å². The van der Waals surface area contributed by atoms with Gasteiger partial charge in [0.15, 0.2) is 0 Å². The lowest BCUT2D eigenvalue weighted by Gasteiger charge is -2.23. The molecule has 0 heterocycles. The molecule has 0 saturated heterocycles. The zero-order chi connectivity index (χ0) is 13.7. The molecule has 0 aliphatic rings. The summed E-state index contributed by atoms with van der Waals surface area (Å²) in [7, 11) is -1.04. The number of benzene rings is 1. The first-order valence-electron chi connectivity index (χ1n) is 6.23. The van der Waals surface area contributed by atoms with Crippen LogP contribution in [0.5, 0.6) is 0 Å². The van der Waals surface area contributed by atoms with Crippen LogP contribution >= 0.6 is 12.4 Å². The van der Waals surface area contributed by atoms with Gasteiger partial charge in [-0.3, -0.25) is 0 Å². The summed E-state index contributed by atoms with van der Waals surface area (Å²) in [6.45, 7) is 8.15. The van der Waals surface area contributed by atoms with Crippen LogP contribution in [0.15, 0.2) is 18.2 Å². The van der Waals surface area contributed by atoms with E-state index in [2.05, 4.69) is 29.5 Å². The lowest BCUT2D eigenvalue weighted by atomic mass is 10.1. The number of rotatable bonds is 6. The average Bonchev–Trinajstić information content (AvgIpc) is 2.31. The van der Waals surface area contributed by atoms with Crippen molar-refractivity contribution >= 4 is 34.8 Å². The Balaban J connectivity index is 0.00000324. The summed E-state index contributed by atoms with van der Waals surface area (Å²) in [6, 6.07) is 6.00. The number of nitrogens with zero attached hydrogens (tertiary/aromatic N) is 1. The van der Waals surface area contributed by atoms with Gasteiger partial charge in [-0.25, -0.2) is 8.93 Å². The first-order chi connectivity index (χ1) is 8.49. The third-order valence-electron chi connectivity index (χ3n) is 3.01. The van der Waals surface area contributed by atoms with Crippen molar-refractivity contribution in [2.24, 2.45) is 0 Å². The second kappa shape index (κ2) is 8.40. The van der Waals surface area contributed by atoms with E-state index in [0.717, 1.165) is 30.0 Å². The molecule has 0 bridgehead atoms. The Hall–Kier alpha value is -0.780. The Morgan fingerprint density at radius 1 is 1.37 bits per heavy atom. The normalized spacial score (nSPS) is 13.5. The number of hydrogen-bond acceptors (Lipinski definition) is 3. The van der Waals surface area contributed by atoms with E-state index in [1.165, 1.54) is 0 Å². The van der Waals surface area contributed by atoms with Crippen LogP contribution in [-0.2, 0) is 11.0 Å². The van der Waals surface area contributed by atoms with Gasteiger partial charge in [0.2, 0.25) is 0 Å². The predicted molar refractivity (Wildman–Crippen MR) is 87.3 cm³/mol. The minimum atomic E-state index is -1.04. The molecule has 0 fully saturated rings. The Morgan fingerprint density at radius 2 is 1.95 bits per heavy atom. The summed E-state index contributed by atoms with van der Waals surface area (Å²) in [4.78, 5) is 2.26. The van der Waals surface area contributed by atoms with E-state index in [4.69, 9.17) is 5.73 Å². The van der Waals surface area contributed by atoms with Crippen molar-refractivity contribution in [2.45, 2.75) is 26.8 Å². The molecule has 0 radical (unpaired) electrons. The van der Waals surface area contributed by atoms with E-state index in [9.17, 15) is 4.21 Å². The standard InChI is InChI=1S/C13H23N3OS.ClH/c1-5-16(6-2)11-7-8-13(14)12(9-11)10(3)15-18(4)17;/h7-10,15H,5-6,14H2,1-4H3;1H. The molecule has 1 aromatic rings. The molecule has 1 rings (SSSR count). The van der Waals surface area contributed by atoms with Gasteiger partial charge < -0.3 is 10.6 Å². The van der Waals surface area contributed by atoms with Gasteiger partial charge in [0, 0.05) is 36.8 Å². The zero-order valence-electron chi connectivity index (χ0n) is 12.0. The Labute approximate surface area is 124 Å². The van der Waals surface area contributed by atoms with Crippen LogP contribution in [0.2, 0.25) is 0 Å².